The van der Waals surface area contributed by atoms with Gasteiger partial charge in [-0.15, -0.1) is 0 Å². The van der Waals surface area contributed by atoms with Crippen LogP contribution in [-0.2, 0) is 0 Å². The minimum atomic E-state index is 0.204. The molecule has 0 amide bonds. The van der Waals surface area contributed by atoms with Crippen molar-refractivity contribution < 1.29 is 0 Å². The second-order valence-electron chi connectivity index (χ2n) is 6.31. The third-order valence-corrected chi connectivity index (χ3v) is 3.74. The maximum absolute atomic E-state index is 6.02. The number of nitrogens with zero attached hydrogens (tertiary/aromatic N) is 1. The first-order valence-corrected chi connectivity index (χ1v) is 6.70. The lowest BCUT2D eigenvalue weighted by molar-refractivity contribution is 0.359. The molecule has 0 radical (unpaired) electrons. The lowest BCUT2D eigenvalue weighted by Crippen LogP contribution is -2.30. The second kappa shape index (κ2) is 4.72. The number of nitrogens with two attached hydrogens (primary N) is 1. The van der Waals surface area contributed by atoms with Crippen LogP contribution in [0.5, 0.6) is 0 Å². The first kappa shape index (κ1) is 13.7. The van der Waals surface area contributed by atoms with Gasteiger partial charge >= 0.3 is 0 Å². The Morgan fingerprint density at radius 3 is 2.53 bits per heavy atom. The molecule has 0 bridgehead atoms. The van der Waals surface area contributed by atoms with E-state index in [2.05, 4.69) is 50.1 Å². The van der Waals surface area contributed by atoms with Gasteiger partial charge in [-0.3, -0.25) is 4.98 Å². The first-order valence-electron chi connectivity index (χ1n) is 6.70. The first-order chi connectivity index (χ1) is 8.79. The van der Waals surface area contributed by atoms with Gasteiger partial charge in [-0.05, 0) is 37.5 Å². The van der Waals surface area contributed by atoms with E-state index in [0.29, 0.717) is 6.04 Å². The molecular formula is C16H23N3. The van der Waals surface area contributed by atoms with Crippen molar-refractivity contribution in [2.75, 3.05) is 11.1 Å². The molecule has 19 heavy (non-hydrogen) atoms. The average molecular weight is 257 g/mol. The van der Waals surface area contributed by atoms with Crippen molar-refractivity contribution in [3.63, 3.8) is 0 Å². The van der Waals surface area contributed by atoms with E-state index < -0.39 is 0 Å². The van der Waals surface area contributed by atoms with E-state index in [0.717, 1.165) is 27.8 Å². The number of pyridine rings is 1. The van der Waals surface area contributed by atoms with Crippen LogP contribution >= 0.6 is 0 Å². The van der Waals surface area contributed by atoms with E-state index in [1.807, 2.05) is 19.2 Å². The van der Waals surface area contributed by atoms with Crippen LogP contribution in [0.25, 0.3) is 10.8 Å². The van der Waals surface area contributed by atoms with Gasteiger partial charge in [0.05, 0.1) is 0 Å². The molecule has 0 aliphatic carbocycles. The summed E-state index contributed by atoms with van der Waals surface area (Å²) in [5.41, 5.74) is 9.13. The molecule has 1 atom stereocenters. The molecule has 0 saturated carbocycles. The van der Waals surface area contributed by atoms with Crippen LogP contribution in [0, 0.1) is 12.3 Å². The highest BCUT2D eigenvalue weighted by atomic mass is 14.9. The van der Waals surface area contributed by atoms with E-state index in [1.54, 1.807) is 0 Å². The van der Waals surface area contributed by atoms with Crippen LogP contribution in [0.15, 0.2) is 24.4 Å². The van der Waals surface area contributed by atoms with E-state index in [9.17, 15) is 0 Å². The number of nitrogens with one attached hydrogen (secondary N) is 1. The maximum Gasteiger partial charge on any atom is 0.0424 e. The predicted molar refractivity (Wildman–Crippen MR) is 83.4 cm³/mol. The highest BCUT2D eigenvalue weighted by Crippen LogP contribution is 2.31. The van der Waals surface area contributed by atoms with Crippen LogP contribution in [0.2, 0.25) is 0 Å². The van der Waals surface area contributed by atoms with Crippen LogP contribution in [0.1, 0.15) is 33.4 Å². The Morgan fingerprint density at radius 1 is 1.21 bits per heavy atom. The molecule has 1 heterocycles. The third kappa shape index (κ3) is 2.80. The molecule has 0 aliphatic rings. The second-order valence-corrected chi connectivity index (χ2v) is 6.31. The normalized spacial score (nSPS) is 13.5. The highest BCUT2D eigenvalue weighted by Gasteiger charge is 2.20. The molecule has 3 N–H and O–H groups in total. The minimum Gasteiger partial charge on any atom is -0.398 e. The van der Waals surface area contributed by atoms with Crippen molar-refractivity contribution in [1.82, 2.24) is 4.98 Å². The lowest BCUT2D eigenvalue weighted by Gasteiger charge is -2.29. The number of rotatable bonds is 2. The Bertz CT molecular complexity index is 597. The van der Waals surface area contributed by atoms with Gasteiger partial charge in [0.2, 0.25) is 0 Å². The smallest absolute Gasteiger partial charge is 0.0424 e. The molecule has 0 fully saturated rings. The number of aryl methyl sites for hydroxylation is 1. The molecule has 0 saturated heterocycles. The van der Waals surface area contributed by atoms with E-state index >= 15 is 0 Å². The third-order valence-electron chi connectivity index (χ3n) is 3.74. The van der Waals surface area contributed by atoms with Gasteiger partial charge in [0.1, 0.15) is 0 Å². The van der Waals surface area contributed by atoms with Crippen LogP contribution < -0.4 is 11.1 Å². The van der Waals surface area contributed by atoms with Crippen molar-refractivity contribution in [2.45, 2.75) is 40.7 Å². The average Bonchev–Trinajstić information content (AvgIpc) is 2.31. The van der Waals surface area contributed by atoms with Gasteiger partial charge in [0.25, 0.3) is 0 Å². The van der Waals surface area contributed by atoms with Gasteiger partial charge in [0.15, 0.2) is 0 Å². The summed E-state index contributed by atoms with van der Waals surface area (Å²) in [4.78, 5) is 4.33. The number of anilines is 2. The monoisotopic (exact) mass is 257 g/mol. The Kier molecular flexibility index (Phi) is 3.40. The molecule has 2 rings (SSSR count). The molecule has 1 aromatic carbocycles. The Labute approximate surface area is 115 Å². The molecule has 102 valence electrons. The number of hydrogen-bond acceptors (Lipinski definition) is 3. The molecule has 0 aliphatic heterocycles. The van der Waals surface area contributed by atoms with Crippen LogP contribution in [0.3, 0.4) is 0 Å². The number of benzene rings is 1. The van der Waals surface area contributed by atoms with Crippen molar-refractivity contribution >= 4 is 22.1 Å². The predicted octanol–water partition coefficient (Wildman–Crippen LogP) is 3.97. The minimum absolute atomic E-state index is 0.204. The summed E-state index contributed by atoms with van der Waals surface area (Å²) in [5.74, 6) is 0. The summed E-state index contributed by atoms with van der Waals surface area (Å²) in [7, 11) is 0. The van der Waals surface area contributed by atoms with Gasteiger partial charge in [-0.25, -0.2) is 0 Å². The Morgan fingerprint density at radius 2 is 1.89 bits per heavy atom. The molecule has 3 heteroatoms. The molecule has 1 unspecified atom stereocenters. The van der Waals surface area contributed by atoms with Crippen molar-refractivity contribution in [1.29, 1.82) is 0 Å². The van der Waals surface area contributed by atoms with Crippen molar-refractivity contribution in [3.05, 3.63) is 30.1 Å². The lowest BCUT2D eigenvalue weighted by atomic mass is 9.88. The fourth-order valence-corrected chi connectivity index (χ4v) is 1.94. The summed E-state index contributed by atoms with van der Waals surface area (Å²) in [5, 5.41) is 5.75. The molecule has 2 aromatic rings. The summed E-state index contributed by atoms with van der Waals surface area (Å²) in [6.07, 6.45) is 1.85. The number of fused-ring (bicyclic) bond motifs is 1. The maximum atomic E-state index is 6.02. The summed E-state index contributed by atoms with van der Waals surface area (Å²) >= 11 is 0. The SMILES string of the molecule is Cc1cc2c(NC(C)C(C)(C)C)ccc(N)c2cn1. The zero-order chi connectivity index (χ0) is 14.2. The number of hydrogen-bond donors (Lipinski definition) is 2. The van der Waals surface area contributed by atoms with Crippen molar-refractivity contribution in [2.24, 2.45) is 5.41 Å². The van der Waals surface area contributed by atoms with Gasteiger partial charge in [0, 0.05) is 40.1 Å². The zero-order valence-corrected chi connectivity index (χ0v) is 12.4. The van der Waals surface area contributed by atoms with E-state index in [1.165, 1.54) is 0 Å². The van der Waals surface area contributed by atoms with Crippen LogP contribution in [-0.4, -0.2) is 11.0 Å². The van der Waals surface area contributed by atoms with Crippen LogP contribution in [0.4, 0.5) is 11.4 Å². The highest BCUT2D eigenvalue weighted by molar-refractivity contribution is 6.00. The van der Waals surface area contributed by atoms with Gasteiger partial charge < -0.3 is 11.1 Å². The molecule has 0 spiro atoms. The topological polar surface area (TPSA) is 50.9 Å². The van der Waals surface area contributed by atoms with Gasteiger partial charge in [-0.2, -0.15) is 0 Å². The molecule has 3 nitrogen and oxygen atoms in total. The van der Waals surface area contributed by atoms with Crippen molar-refractivity contribution in [3.8, 4) is 0 Å². The Balaban J connectivity index is 2.49. The number of aromatic nitrogens is 1. The quantitative estimate of drug-likeness (QED) is 0.800. The fraction of sp³-hybridized carbons (Fsp3) is 0.438. The molecule has 1 aromatic heterocycles. The standard InChI is InChI=1S/C16H23N3/c1-10-8-12-13(9-18-10)14(17)6-7-15(12)19-11(2)16(3,4)5/h6-9,11,19H,17H2,1-5H3. The fourth-order valence-electron chi connectivity index (χ4n) is 1.94. The molecular weight excluding hydrogens is 234 g/mol. The van der Waals surface area contributed by atoms with E-state index in [4.69, 9.17) is 5.73 Å². The number of nitrogen functional groups attached to an aromatic ring is 1. The summed E-state index contributed by atoms with van der Waals surface area (Å²) in [6, 6.07) is 6.45. The van der Waals surface area contributed by atoms with E-state index in [-0.39, 0.29) is 5.41 Å². The summed E-state index contributed by atoms with van der Waals surface area (Å²) < 4.78 is 0. The zero-order valence-electron chi connectivity index (χ0n) is 12.4. The Hall–Kier alpha value is -1.77. The summed E-state index contributed by atoms with van der Waals surface area (Å²) in [6.45, 7) is 10.9. The van der Waals surface area contributed by atoms with Gasteiger partial charge in [-0.1, -0.05) is 20.8 Å². The largest absolute Gasteiger partial charge is 0.398 e.